The van der Waals surface area contributed by atoms with Gasteiger partial charge in [-0.2, -0.15) is 4.31 Å². The van der Waals surface area contributed by atoms with Crippen LogP contribution in [0.2, 0.25) is 0 Å². The smallest absolute Gasteiger partial charge is 0.243 e. The van der Waals surface area contributed by atoms with Gasteiger partial charge in [0.1, 0.15) is 5.82 Å². The van der Waals surface area contributed by atoms with E-state index in [1.54, 1.807) is 24.3 Å². The maximum absolute atomic E-state index is 13.3. The summed E-state index contributed by atoms with van der Waals surface area (Å²) in [5.74, 6) is -0.953. The molecule has 1 amide bonds. The van der Waals surface area contributed by atoms with Gasteiger partial charge < -0.3 is 5.32 Å². The summed E-state index contributed by atoms with van der Waals surface area (Å²) in [6.45, 7) is 1.50. The number of hydrogen-bond acceptors (Lipinski definition) is 3. The van der Waals surface area contributed by atoms with Gasteiger partial charge in [-0.25, -0.2) is 12.8 Å². The third-order valence-corrected chi connectivity index (χ3v) is 6.46. The molecule has 0 unspecified atom stereocenters. The first kappa shape index (κ1) is 21.7. The van der Waals surface area contributed by atoms with E-state index in [2.05, 4.69) is 5.32 Å². The molecule has 0 aliphatic rings. The molecule has 0 aliphatic carbocycles. The Morgan fingerprint density at radius 3 is 2.10 bits per heavy atom. The molecule has 7 heteroatoms. The molecule has 156 valence electrons. The van der Waals surface area contributed by atoms with Gasteiger partial charge in [-0.1, -0.05) is 60.7 Å². The van der Waals surface area contributed by atoms with Crippen molar-refractivity contribution in [2.24, 2.45) is 0 Å². The molecule has 0 bridgehead atoms. The average molecular weight is 427 g/mol. The van der Waals surface area contributed by atoms with E-state index in [-0.39, 0.29) is 24.0 Å². The van der Waals surface area contributed by atoms with Crippen molar-refractivity contribution in [3.63, 3.8) is 0 Å². The van der Waals surface area contributed by atoms with Gasteiger partial charge in [-0.15, -0.1) is 0 Å². The van der Waals surface area contributed by atoms with Gasteiger partial charge in [0.05, 0.1) is 17.5 Å². The first-order valence-corrected chi connectivity index (χ1v) is 10.9. The van der Waals surface area contributed by atoms with Crippen LogP contribution in [-0.4, -0.2) is 25.2 Å². The third-order valence-electron chi connectivity index (χ3n) is 4.65. The normalized spacial score (nSPS) is 12.5. The molecule has 30 heavy (non-hydrogen) atoms. The van der Waals surface area contributed by atoms with Gasteiger partial charge in [0.15, 0.2) is 0 Å². The van der Waals surface area contributed by atoms with Gasteiger partial charge in [-0.05, 0) is 42.3 Å². The second-order valence-corrected chi connectivity index (χ2v) is 8.85. The van der Waals surface area contributed by atoms with Crippen LogP contribution in [0.15, 0.2) is 89.8 Å². The predicted octanol–water partition coefficient (Wildman–Crippen LogP) is 3.89. The molecule has 3 aromatic rings. The lowest BCUT2D eigenvalue weighted by atomic mass is 10.1. The Hall–Kier alpha value is -3.03. The Morgan fingerprint density at radius 2 is 1.50 bits per heavy atom. The first-order chi connectivity index (χ1) is 14.4. The third kappa shape index (κ3) is 5.52. The minimum Gasteiger partial charge on any atom is -0.348 e. The zero-order valence-corrected chi connectivity index (χ0v) is 17.3. The predicted molar refractivity (Wildman–Crippen MR) is 113 cm³/mol. The minimum atomic E-state index is -4.01. The summed E-state index contributed by atoms with van der Waals surface area (Å²) in [6, 6.07) is 22.7. The highest BCUT2D eigenvalue weighted by atomic mass is 32.2. The van der Waals surface area contributed by atoms with Crippen molar-refractivity contribution in [1.82, 2.24) is 9.62 Å². The van der Waals surface area contributed by atoms with E-state index >= 15 is 0 Å². The molecule has 0 heterocycles. The molecule has 0 fully saturated rings. The Bertz CT molecular complexity index is 1070. The van der Waals surface area contributed by atoms with Crippen LogP contribution in [0.3, 0.4) is 0 Å². The van der Waals surface area contributed by atoms with Crippen molar-refractivity contribution in [3.8, 4) is 0 Å². The van der Waals surface area contributed by atoms with Crippen molar-refractivity contribution in [3.05, 3.63) is 102 Å². The summed E-state index contributed by atoms with van der Waals surface area (Å²) in [6.07, 6.45) is 0. The fraction of sp³-hybridized carbons (Fsp3) is 0.174. The lowest BCUT2D eigenvalue weighted by Crippen LogP contribution is -2.41. The number of carbonyl (C=O) groups is 1. The molecule has 0 aliphatic heterocycles. The molecule has 3 rings (SSSR count). The van der Waals surface area contributed by atoms with E-state index in [4.69, 9.17) is 0 Å². The summed E-state index contributed by atoms with van der Waals surface area (Å²) in [5.41, 5.74) is 1.66. The van der Waals surface area contributed by atoms with Crippen molar-refractivity contribution in [2.75, 3.05) is 6.54 Å². The van der Waals surface area contributed by atoms with E-state index in [1.165, 1.54) is 12.1 Å². The number of rotatable bonds is 8. The summed E-state index contributed by atoms with van der Waals surface area (Å²) in [4.78, 5) is 12.6. The molecule has 1 atom stereocenters. The lowest BCUT2D eigenvalue weighted by molar-refractivity contribution is -0.122. The van der Waals surface area contributed by atoms with Crippen molar-refractivity contribution >= 4 is 15.9 Å². The second kappa shape index (κ2) is 9.65. The molecule has 0 saturated carbocycles. The van der Waals surface area contributed by atoms with Crippen LogP contribution in [-0.2, 0) is 21.4 Å². The Labute approximate surface area is 176 Å². The zero-order valence-electron chi connectivity index (χ0n) is 16.5. The highest BCUT2D eigenvalue weighted by Gasteiger charge is 2.27. The Morgan fingerprint density at radius 1 is 0.933 bits per heavy atom. The summed E-state index contributed by atoms with van der Waals surface area (Å²) in [7, 11) is -4.01. The molecule has 0 saturated heterocycles. The van der Waals surface area contributed by atoms with E-state index in [0.29, 0.717) is 0 Å². The van der Waals surface area contributed by atoms with Crippen LogP contribution in [0.25, 0.3) is 0 Å². The number of hydrogen-bond donors (Lipinski definition) is 1. The number of nitrogens with zero attached hydrogens (tertiary/aromatic N) is 1. The summed E-state index contributed by atoms with van der Waals surface area (Å²) >= 11 is 0. The molecule has 0 radical (unpaired) electrons. The van der Waals surface area contributed by atoms with Gasteiger partial charge in [-0.3, -0.25) is 4.79 Å². The number of amides is 1. The summed E-state index contributed by atoms with van der Waals surface area (Å²) < 4.78 is 40.7. The SMILES string of the molecule is C[C@@H](NC(=O)CN(Cc1ccccc1)S(=O)(=O)c1ccc(F)cc1)c1ccccc1. The van der Waals surface area contributed by atoms with Gasteiger partial charge >= 0.3 is 0 Å². The van der Waals surface area contributed by atoms with E-state index in [9.17, 15) is 17.6 Å². The number of carbonyl (C=O) groups excluding carboxylic acids is 1. The lowest BCUT2D eigenvalue weighted by Gasteiger charge is -2.23. The van der Waals surface area contributed by atoms with Gasteiger partial charge in [0, 0.05) is 6.54 Å². The minimum absolute atomic E-state index is 0.0215. The van der Waals surface area contributed by atoms with Gasteiger partial charge in [0.2, 0.25) is 15.9 Å². The van der Waals surface area contributed by atoms with Crippen LogP contribution >= 0.6 is 0 Å². The number of benzene rings is 3. The highest BCUT2D eigenvalue weighted by molar-refractivity contribution is 7.89. The number of nitrogens with one attached hydrogen (secondary N) is 1. The van der Waals surface area contributed by atoms with E-state index in [0.717, 1.165) is 27.6 Å². The fourth-order valence-corrected chi connectivity index (χ4v) is 4.43. The fourth-order valence-electron chi connectivity index (χ4n) is 3.04. The van der Waals surface area contributed by atoms with E-state index in [1.807, 2.05) is 43.3 Å². The molecule has 0 spiro atoms. The topological polar surface area (TPSA) is 66.5 Å². The molecule has 3 aromatic carbocycles. The first-order valence-electron chi connectivity index (χ1n) is 9.50. The molecular weight excluding hydrogens is 403 g/mol. The average Bonchev–Trinajstić information content (AvgIpc) is 2.75. The Kier molecular flexibility index (Phi) is 6.97. The van der Waals surface area contributed by atoms with Crippen LogP contribution in [0.5, 0.6) is 0 Å². The van der Waals surface area contributed by atoms with Gasteiger partial charge in [0.25, 0.3) is 0 Å². The van der Waals surface area contributed by atoms with Crippen LogP contribution < -0.4 is 5.32 Å². The second-order valence-electron chi connectivity index (χ2n) is 6.91. The zero-order chi connectivity index (χ0) is 21.6. The van der Waals surface area contributed by atoms with Crippen molar-refractivity contribution < 1.29 is 17.6 Å². The molecular formula is C23H23FN2O3S. The van der Waals surface area contributed by atoms with Crippen molar-refractivity contribution in [2.45, 2.75) is 24.4 Å². The largest absolute Gasteiger partial charge is 0.348 e. The Balaban J connectivity index is 1.82. The van der Waals surface area contributed by atoms with Crippen molar-refractivity contribution in [1.29, 1.82) is 0 Å². The van der Waals surface area contributed by atoms with Crippen LogP contribution in [0.4, 0.5) is 4.39 Å². The number of sulfonamides is 1. The monoisotopic (exact) mass is 426 g/mol. The molecule has 5 nitrogen and oxygen atoms in total. The quantitative estimate of drug-likeness (QED) is 0.594. The molecule has 1 N–H and O–H groups in total. The maximum Gasteiger partial charge on any atom is 0.243 e. The van der Waals surface area contributed by atoms with Crippen LogP contribution in [0.1, 0.15) is 24.1 Å². The van der Waals surface area contributed by atoms with E-state index < -0.39 is 21.7 Å². The highest BCUT2D eigenvalue weighted by Crippen LogP contribution is 2.19. The summed E-state index contributed by atoms with van der Waals surface area (Å²) in [5, 5.41) is 2.84. The standard InChI is InChI=1S/C23H23FN2O3S/c1-18(20-10-6-3-7-11-20)25-23(27)17-26(16-19-8-4-2-5-9-19)30(28,29)22-14-12-21(24)13-15-22/h2-15,18H,16-17H2,1H3,(H,25,27)/t18-/m1/s1. The maximum atomic E-state index is 13.3. The van der Waals surface area contributed by atoms with Crippen LogP contribution in [0, 0.1) is 5.82 Å². The molecule has 0 aromatic heterocycles. The number of halogens is 1.